The van der Waals surface area contributed by atoms with Gasteiger partial charge in [0.15, 0.2) is 5.82 Å². The first kappa shape index (κ1) is 19.9. The van der Waals surface area contributed by atoms with Gasteiger partial charge in [-0.3, -0.25) is 0 Å². The number of ether oxygens (including phenoxy) is 2. The Bertz CT molecular complexity index is 923. The second-order valence-electron chi connectivity index (χ2n) is 6.82. The fraction of sp³-hybridized carbons (Fsp3) is 0.429. The van der Waals surface area contributed by atoms with Crippen molar-refractivity contribution < 1.29 is 9.47 Å². The number of nitrogens with two attached hydrogens (primary N) is 1. The normalized spacial score (nSPS) is 11.1. The van der Waals surface area contributed by atoms with Crippen molar-refractivity contribution in [1.82, 2.24) is 14.5 Å². The van der Waals surface area contributed by atoms with Crippen LogP contribution >= 0.6 is 0 Å². The van der Waals surface area contributed by atoms with Crippen LogP contribution in [0.1, 0.15) is 37.3 Å². The molecule has 28 heavy (non-hydrogen) atoms. The molecule has 150 valence electrons. The summed E-state index contributed by atoms with van der Waals surface area (Å²) in [5.41, 5.74) is 9.87. The molecule has 0 spiro atoms. The van der Waals surface area contributed by atoms with E-state index in [9.17, 15) is 0 Å². The molecule has 1 aromatic carbocycles. The predicted molar refractivity (Wildman–Crippen MR) is 113 cm³/mol. The van der Waals surface area contributed by atoms with E-state index < -0.39 is 0 Å². The topological polar surface area (TPSA) is 87.2 Å². The van der Waals surface area contributed by atoms with Crippen molar-refractivity contribution >= 4 is 22.8 Å². The van der Waals surface area contributed by atoms with Gasteiger partial charge in [0, 0.05) is 25.4 Å². The SMILES string of the molecule is CCCCCNc1nc(N)nc2ccn(Cc3cc(COC)ccc3OC)c12. The Hall–Kier alpha value is -2.80. The van der Waals surface area contributed by atoms with E-state index in [2.05, 4.69) is 32.8 Å². The van der Waals surface area contributed by atoms with Gasteiger partial charge in [-0.15, -0.1) is 0 Å². The van der Waals surface area contributed by atoms with Crippen molar-refractivity contribution in [3.05, 3.63) is 41.6 Å². The lowest BCUT2D eigenvalue weighted by Gasteiger charge is -2.14. The Labute approximate surface area is 165 Å². The van der Waals surface area contributed by atoms with Crippen LogP contribution in [0.5, 0.6) is 5.75 Å². The van der Waals surface area contributed by atoms with Crippen LogP contribution in [-0.2, 0) is 17.9 Å². The molecule has 0 aliphatic heterocycles. The smallest absolute Gasteiger partial charge is 0.222 e. The van der Waals surface area contributed by atoms with E-state index in [4.69, 9.17) is 15.2 Å². The van der Waals surface area contributed by atoms with Gasteiger partial charge < -0.3 is 25.1 Å². The molecule has 3 N–H and O–H groups in total. The lowest BCUT2D eigenvalue weighted by Crippen LogP contribution is -2.09. The van der Waals surface area contributed by atoms with E-state index in [1.165, 1.54) is 12.8 Å². The lowest BCUT2D eigenvalue weighted by molar-refractivity contribution is 0.184. The van der Waals surface area contributed by atoms with Crippen molar-refractivity contribution in [2.75, 3.05) is 31.8 Å². The van der Waals surface area contributed by atoms with Crippen molar-refractivity contribution in [2.24, 2.45) is 0 Å². The third-order valence-corrected chi connectivity index (χ3v) is 4.70. The molecule has 0 saturated carbocycles. The quantitative estimate of drug-likeness (QED) is 0.518. The van der Waals surface area contributed by atoms with Gasteiger partial charge in [0.2, 0.25) is 5.95 Å². The van der Waals surface area contributed by atoms with E-state index >= 15 is 0 Å². The average molecular weight is 383 g/mol. The van der Waals surface area contributed by atoms with Crippen LogP contribution in [0, 0.1) is 0 Å². The number of nitrogen functional groups attached to an aromatic ring is 1. The Kier molecular flexibility index (Phi) is 6.71. The highest BCUT2D eigenvalue weighted by Crippen LogP contribution is 2.27. The predicted octanol–water partition coefficient (Wildman–Crippen LogP) is 3.82. The number of hydrogen-bond acceptors (Lipinski definition) is 6. The molecule has 0 unspecified atom stereocenters. The van der Waals surface area contributed by atoms with Crippen molar-refractivity contribution in [3.8, 4) is 5.75 Å². The van der Waals surface area contributed by atoms with Crippen LogP contribution in [0.2, 0.25) is 0 Å². The molecule has 0 atom stereocenters. The van der Waals surface area contributed by atoms with Crippen LogP contribution in [0.4, 0.5) is 11.8 Å². The second kappa shape index (κ2) is 9.41. The minimum Gasteiger partial charge on any atom is -0.496 e. The maximum Gasteiger partial charge on any atom is 0.222 e. The maximum atomic E-state index is 5.91. The molecule has 0 fully saturated rings. The standard InChI is InChI=1S/C21H29N5O2/c1-4-5-6-10-23-20-19-17(24-21(22)25-20)9-11-26(19)13-16-12-15(14-27-2)7-8-18(16)28-3/h7-9,11-12H,4-6,10,13-14H2,1-3H3,(H3,22,23,24,25). The van der Waals surface area contributed by atoms with Gasteiger partial charge in [-0.2, -0.15) is 4.98 Å². The minimum atomic E-state index is 0.280. The van der Waals surface area contributed by atoms with Crippen LogP contribution in [-0.4, -0.2) is 35.3 Å². The lowest BCUT2D eigenvalue weighted by atomic mass is 10.1. The number of nitrogens with one attached hydrogen (secondary N) is 1. The summed E-state index contributed by atoms with van der Waals surface area (Å²) in [5.74, 6) is 1.90. The van der Waals surface area contributed by atoms with E-state index in [0.29, 0.717) is 13.2 Å². The van der Waals surface area contributed by atoms with Crippen LogP contribution in [0.25, 0.3) is 11.0 Å². The molecule has 0 amide bonds. The van der Waals surface area contributed by atoms with Crippen LogP contribution in [0.3, 0.4) is 0 Å². The molecule has 3 aromatic rings. The Balaban J connectivity index is 1.94. The third-order valence-electron chi connectivity index (χ3n) is 4.70. The van der Waals surface area contributed by atoms with Gasteiger partial charge in [-0.1, -0.05) is 25.8 Å². The summed E-state index contributed by atoms with van der Waals surface area (Å²) in [6, 6.07) is 8.08. The fourth-order valence-corrected chi connectivity index (χ4v) is 3.36. The van der Waals surface area contributed by atoms with Crippen molar-refractivity contribution in [2.45, 2.75) is 39.3 Å². The minimum absolute atomic E-state index is 0.280. The first-order valence-corrected chi connectivity index (χ1v) is 9.67. The number of hydrogen-bond donors (Lipinski definition) is 2. The third kappa shape index (κ3) is 4.54. The zero-order valence-corrected chi connectivity index (χ0v) is 16.9. The molecule has 0 aliphatic carbocycles. The van der Waals surface area contributed by atoms with Gasteiger partial charge in [0.1, 0.15) is 11.3 Å². The summed E-state index contributed by atoms with van der Waals surface area (Å²) < 4.78 is 13.0. The molecule has 7 heteroatoms. The number of unbranched alkanes of at least 4 members (excludes halogenated alkanes) is 2. The molecule has 3 rings (SSSR count). The van der Waals surface area contributed by atoms with E-state index in [0.717, 1.165) is 46.7 Å². The van der Waals surface area contributed by atoms with Gasteiger partial charge in [0.05, 0.1) is 25.8 Å². The number of rotatable bonds is 10. The summed E-state index contributed by atoms with van der Waals surface area (Å²) in [5, 5.41) is 3.43. The number of anilines is 2. The first-order valence-electron chi connectivity index (χ1n) is 9.67. The monoisotopic (exact) mass is 383 g/mol. The second-order valence-corrected chi connectivity index (χ2v) is 6.82. The van der Waals surface area contributed by atoms with Crippen LogP contribution < -0.4 is 15.8 Å². The van der Waals surface area contributed by atoms with Crippen molar-refractivity contribution in [1.29, 1.82) is 0 Å². The molecule has 2 heterocycles. The summed E-state index contributed by atoms with van der Waals surface area (Å²) in [6.45, 7) is 4.25. The van der Waals surface area contributed by atoms with Gasteiger partial charge >= 0.3 is 0 Å². The number of methoxy groups -OCH3 is 2. The molecule has 0 saturated heterocycles. The molecule has 7 nitrogen and oxygen atoms in total. The summed E-state index contributed by atoms with van der Waals surface area (Å²) in [4.78, 5) is 8.83. The molecule has 0 bridgehead atoms. The number of fused-ring (bicyclic) bond motifs is 1. The molecular weight excluding hydrogens is 354 g/mol. The maximum absolute atomic E-state index is 5.91. The highest BCUT2D eigenvalue weighted by Gasteiger charge is 2.13. The van der Waals surface area contributed by atoms with Gasteiger partial charge in [-0.05, 0) is 30.2 Å². The summed E-state index contributed by atoms with van der Waals surface area (Å²) in [6.07, 6.45) is 5.46. The van der Waals surface area contributed by atoms with Crippen LogP contribution in [0.15, 0.2) is 30.5 Å². The first-order chi connectivity index (χ1) is 13.7. The Morgan fingerprint density at radius 3 is 2.75 bits per heavy atom. The highest BCUT2D eigenvalue weighted by atomic mass is 16.5. The highest BCUT2D eigenvalue weighted by molar-refractivity contribution is 5.87. The molecule has 0 radical (unpaired) electrons. The Morgan fingerprint density at radius 1 is 1.14 bits per heavy atom. The zero-order valence-electron chi connectivity index (χ0n) is 16.9. The zero-order chi connectivity index (χ0) is 19.9. The van der Waals surface area contributed by atoms with Gasteiger partial charge in [0.25, 0.3) is 0 Å². The number of benzene rings is 1. The van der Waals surface area contributed by atoms with Crippen molar-refractivity contribution in [3.63, 3.8) is 0 Å². The van der Waals surface area contributed by atoms with E-state index in [-0.39, 0.29) is 5.95 Å². The van der Waals surface area contributed by atoms with Gasteiger partial charge in [-0.25, -0.2) is 4.98 Å². The number of aromatic nitrogens is 3. The summed E-state index contributed by atoms with van der Waals surface area (Å²) in [7, 11) is 3.38. The largest absolute Gasteiger partial charge is 0.496 e. The summed E-state index contributed by atoms with van der Waals surface area (Å²) >= 11 is 0. The average Bonchev–Trinajstić information content (AvgIpc) is 3.08. The molecule has 2 aromatic heterocycles. The van der Waals surface area contributed by atoms with E-state index in [1.807, 2.05) is 24.4 Å². The van der Waals surface area contributed by atoms with E-state index in [1.54, 1.807) is 14.2 Å². The molecule has 0 aliphatic rings. The fourth-order valence-electron chi connectivity index (χ4n) is 3.36. The number of nitrogens with zero attached hydrogens (tertiary/aromatic N) is 3. The molecular formula is C21H29N5O2. The Morgan fingerprint density at radius 2 is 2.00 bits per heavy atom.